The van der Waals surface area contributed by atoms with Gasteiger partial charge in [-0.1, -0.05) is 6.92 Å². The third-order valence-corrected chi connectivity index (χ3v) is 3.19. The lowest BCUT2D eigenvalue weighted by Crippen LogP contribution is -2.49. The molecule has 1 atom stereocenters. The average molecular weight is 286 g/mol. The Balaban J connectivity index is 2.48. The maximum absolute atomic E-state index is 12.1. The van der Waals surface area contributed by atoms with Crippen molar-refractivity contribution in [2.24, 2.45) is 0 Å². The Hall–Kier alpha value is -1.79. The molecule has 0 aromatic rings. The second kappa shape index (κ2) is 7.72. The van der Waals surface area contributed by atoms with Gasteiger partial charge in [-0.15, -0.1) is 0 Å². The van der Waals surface area contributed by atoms with E-state index in [9.17, 15) is 14.4 Å². The number of carbonyl (C=O) groups is 3. The van der Waals surface area contributed by atoms with Crippen LogP contribution < -0.4 is 5.32 Å². The number of urea groups is 1. The van der Waals surface area contributed by atoms with Gasteiger partial charge in [0.15, 0.2) is 0 Å². The minimum absolute atomic E-state index is 0.0963. The Kier molecular flexibility index (Phi) is 6.27. The summed E-state index contributed by atoms with van der Waals surface area (Å²) in [4.78, 5) is 35.3. The minimum atomic E-state index is -1.13. The van der Waals surface area contributed by atoms with Gasteiger partial charge in [-0.3, -0.25) is 4.79 Å². The predicted octanol–water partition coefficient (Wildman–Crippen LogP) is 1.28. The van der Waals surface area contributed by atoms with Crippen molar-refractivity contribution >= 4 is 18.0 Å². The minimum Gasteiger partial charge on any atom is -0.481 e. The van der Waals surface area contributed by atoms with Gasteiger partial charge in [0.1, 0.15) is 6.04 Å². The van der Waals surface area contributed by atoms with E-state index >= 15 is 0 Å². The van der Waals surface area contributed by atoms with Gasteiger partial charge in [0, 0.05) is 19.0 Å². The van der Waals surface area contributed by atoms with Crippen molar-refractivity contribution in [1.29, 1.82) is 0 Å². The van der Waals surface area contributed by atoms with Crippen molar-refractivity contribution in [3.63, 3.8) is 0 Å². The molecule has 0 bridgehead atoms. The molecule has 2 amide bonds. The van der Waals surface area contributed by atoms with Crippen LogP contribution in [0, 0.1) is 0 Å². The second-order valence-electron chi connectivity index (χ2n) is 5.05. The van der Waals surface area contributed by atoms with Gasteiger partial charge in [-0.05, 0) is 32.1 Å². The molecule has 0 radical (unpaired) electrons. The molecular weight excluding hydrogens is 264 g/mol. The van der Waals surface area contributed by atoms with E-state index in [0.717, 1.165) is 19.3 Å². The standard InChI is InChI=1S/C13H22N2O5/c1-2-8-15(9-6-7-9)13(20)14-10(12(18)19)4-3-5-11(16)17/h9-10H,2-8H2,1H3,(H,14,20)(H,16,17)(H,18,19)/t10-/m1/s1. The Morgan fingerprint density at radius 3 is 2.40 bits per heavy atom. The van der Waals surface area contributed by atoms with Crippen LogP contribution in [0.5, 0.6) is 0 Å². The maximum Gasteiger partial charge on any atom is 0.326 e. The zero-order chi connectivity index (χ0) is 15.1. The summed E-state index contributed by atoms with van der Waals surface area (Å²) >= 11 is 0. The molecule has 0 heterocycles. The molecule has 0 aliphatic heterocycles. The molecule has 1 rings (SSSR count). The lowest BCUT2D eigenvalue weighted by Gasteiger charge is -2.24. The topological polar surface area (TPSA) is 107 Å². The normalized spacial score (nSPS) is 15.4. The van der Waals surface area contributed by atoms with Crippen LogP contribution in [-0.2, 0) is 9.59 Å². The molecule has 1 aliphatic carbocycles. The quantitative estimate of drug-likeness (QED) is 0.592. The van der Waals surface area contributed by atoms with Crippen LogP contribution in [0.2, 0.25) is 0 Å². The van der Waals surface area contributed by atoms with E-state index in [1.54, 1.807) is 4.90 Å². The van der Waals surface area contributed by atoms with E-state index in [0.29, 0.717) is 6.54 Å². The monoisotopic (exact) mass is 286 g/mol. The highest BCUT2D eigenvalue weighted by Crippen LogP contribution is 2.27. The van der Waals surface area contributed by atoms with Crippen molar-refractivity contribution in [1.82, 2.24) is 10.2 Å². The molecule has 0 aromatic heterocycles. The summed E-state index contributed by atoms with van der Waals surface area (Å²) in [7, 11) is 0. The van der Waals surface area contributed by atoms with E-state index in [4.69, 9.17) is 10.2 Å². The summed E-state index contributed by atoms with van der Waals surface area (Å²) in [6, 6.07) is -1.17. The highest BCUT2D eigenvalue weighted by Gasteiger charge is 2.33. The number of rotatable bonds is 9. The lowest BCUT2D eigenvalue weighted by atomic mass is 10.1. The largest absolute Gasteiger partial charge is 0.481 e. The number of nitrogens with one attached hydrogen (secondary N) is 1. The zero-order valence-electron chi connectivity index (χ0n) is 11.7. The van der Waals surface area contributed by atoms with Gasteiger partial charge >= 0.3 is 18.0 Å². The molecule has 7 nitrogen and oxygen atoms in total. The van der Waals surface area contributed by atoms with Crippen LogP contribution in [-0.4, -0.2) is 51.7 Å². The van der Waals surface area contributed by atoms with Crippen LogP contribution in [0.4, 0.5) is 4.79 Å². The molecule has 20 heavy (non-hydrogen) atoms. The summed E-state index contributed by atoms with van der Waals surface area (Å²) in [5.74, 6) is -2.10. The molecule has 0 saturated heterocycles. The summed E-state index contributed by atoms with van der Waals surface area (Å²) in [5, 5.41) is 20.1. The first-order chi connectivity index (χ1) is 9.45. The van der Waals surface area contributed by atoms with Gasteiger partial charge in [0.2, 0.25) is 0 Å². The first-order valence-electron chi connectivity index (χ1n) is 6.97. The van der Waals surface area contributed by atoms with E-state index in [2.05, 4.69) is 5.32 Å². The fourth-order valence-corrected chi connectivity index (χ4v) is 2.02. The first kappa shape index (κ1) is 16.3. The molecule has 0 unspecified atom stereocenters. The van der Waals surface area contributed by atoms with Crippen LogP contribution >= 0.6 is 0 Å². The van der Waals surface area contributed by atoms with Crippen molar-refractivity contribution in [3.8, 4) is 0 Å². The number of hydrogen-bond donors (Lipinski definition) is 3. The predicted molar refractivity (Wildman–Crippen MR) is 71.5 cm³/mol. The van der Waals surface area contributed by atoms with Crippen LogP contribution in [0.15, 0.2) is 0 Å². The molecule has 1 fully saturated rings. The molecule has 1 saturated carbocycles. The first-order valence-corrected chi connectivity index (χ1v) is 6.97. The average Bonchev–Trinajstić information content (AvgIpc) is 3.18. The Morgan fingerprint density at radius 2 is 1.95 bits per heavy atom. The zero-order valence-corrected chi connectivity index (χ0v) is 11.7. The number of carbonyl (C=O) groups excluding carboxylic acids is 1. The molecule has 0 spiro atoms. The third-order valence-electron chi connectivity index (χ3n) is 3.19. The van der Waals surface area contributed by atoms with E-state index in [1.807, 2.05) is 6.92 Å². The van der Waals surface area contributed by atoms with Crippen molar-refractivity contribution in [2.75, 3.05) is 6.54 Å². The summed E-state index contributed by atoms with van der Waals surface area (Å²) < 4.78 is 0. The summed E-state index contributed by atoms with van der Waals surface area (Å²) in [5.41, 5.74) is 0. The second-order valence-corrected chi connectivity index (χ2v) is 5.05. The number of carboxylic acid groups (broad SMARTS) is 2. The number of nitrogens with zero attached hydrogens (tertiary/aromatic N) is 1. The molecular formula is C13H22N2O5. The van der Waals surface area contributed by atoms with Gasteiger partial charge in [0.05, 0.1) is 0 Å². The number of aliphatic carboxylic acids is 2. The Morgan fingerprint density at radius 1 is 1.30 bits per heavy atom. The van der Waals surface area contributed by atoms with E-state index < -0.39 is 18.0 Å². The highest BCUT2D eigenvalue weighted by molar-refractivity contribution is 5.83. The van der Waals surface area contributed by atoms with E-state index in [1.165, 1.54) is 0 Å². The summed E-state index contributed by atoms with van der Waals surface area (Å²) in [6.07, 6.45) is 3.00. The van der Waals surface area contributed by atoms with E-state index in [-0.39, 0.29) is 31.3 Å². The number of carboxylic acids is 2. The van der Waals surface area contributed by atoms with Gasteiger partial charge < -0.3 is 20.4 Å². The molecule has 0 aromatic carbocycles. The fourth-order valence-electron chi connectivity index (χ4n) is 2.02. The van der Waals surface area contributed by atoms with Crippen LogP contribution in [0.1, 0.15) is 45.4 Å². The Labute approximate surface area is 117 Å². The van der Waals surface area contributed by atoms with Gasteiger partial charge in [-0.2, -0.15) is 0 Å². The number of hydrogen-bond acceptors (Lipinski definition) is 3. The highest BCUT2D eigenvalue weighted by atomic mass is 16.4. The van der Waals surface area contributed by atoms with Gasteiger partial charge in [-0.25, -0.2) is 9.59 Å². The SMILES string of the molecule is CCCN(C(=O)N[C@H](CCCC(=O)O)C(=O)O)C1CC1. The third kappa shape index (κ3) is 5.46. The van der Waals surface area contributed by atoms with Crippen LogP contribution in [0.3, 0.4) is 0 Å². The van der Waals surface area contributed by atoms with Crippen molar-refractivity contribution < 1.29 is 24.6 Å². The van der Waals surface area contributed by atoms with Crippen LogP contribution in [0.25, 0.3) is 0 Å². The lowest BCUT2D eigenvalue weighted by molar-refractivity contribution is -0.140. The fraction of sp³-hybridized carbons (Fsp3) is 0.769. The Bertz CT molecular complexity index is 368. The molecule has 1 aliphatic rings. The van der Waals surface area contributed by atoms with Crippen molar-refractivity contribution in [3.05, 3.63) is 0 Å². The smallest absolute Gasteiger partial charge is 0.326 e. The van der Waals surface area contributed by atoms with Gasteiger partial charge in [0.25, 0.3) is 0 Å². The maximum atomic E-state index is 12.1. The summed E-state index contributed by atoms with van der Waals surface area (Å²) in [6.45, 7) is 2.57. The molecule has 3 N–H and O–H groups in total. The number of amides is 2. The molecule has 7 heteroatoms. The molecule has 114 valence electrons. The van der Waals surface area contributed by atoms with Crippen molar-refractivity contribution in [2.45, 2.75) is 57.5 Å².